The van der Waals surface area contributed by atoms with Crippen LogP contribution >= 0.6 is 11.6 Å². The lowest BCUT2D eigenvalue weighted by atomic mass is 9.94. The van der Waals surface area contributed by atoms with Crippen molar-refractivity contribution in [3.05, 3.63) is 101 Å². The molecule has 0 aromatic heterocycles. The Kier molecular flexibility index (Phi) is 9.61. The van der Waals surface area contributed by atoms with Crippen molar-refractivity contribution in [1.29, 1.82) is 0 Å². The van der Waals surface area contributed by atoms with Gasteiger partial charge < -0.3 is 15.0 Å². The molecule has 0 bridgehead atoms. The first kappa shape index (κ1) is 26.7. The average Bonchev–Trinajstić information content (AvgIpc) is 2.91. The molecule has 3 aromatic carbocycles. The predicted octanol–water partition coefficient (Wildman–Crippen LogP) is 6.12. The Bertz CT molecular complexity index is 1180. The highest BCUT2D eigenvalue weighted by Gasteiger charge is 2.32. The van der Waals surface area contributed by atoms with E-state index < -0.39 is 6.04 Å². The zero-order valence-corrected chi connectivity index (χ0v) is 22.1. The average molecular weight is 519 g/mol. The Morgan fingerprint density at radius 1 is 0.973 bits per heavy atom. The third-order valence-corrected chi connectivity index (χ3v) is 7.22. The van der Waals surface area contributed by atoms with Crippen LogP contribution in [0.25, 0.3) is 0 Å². The van der Waals surface area contributed by atoms with Crippen LogP contribution in [0.4, 0.5) is 0 Å². The SMILES string of the molecule is Cc1ccccc1CN(C(=O)COc1cccc(Cl)c1)[C@H](Cc1ccccc1)C(=O)NC1CCCCC1. The maximum absolute atomic E-state index is 13.8. The van der Waals surface area contributed by atoms with Crippen LogP contribution in [0.5, 0.6) is 5.75 Å². The van der Waals surface area contributed by atoms with Crippen LogP contribution in [0.3, 0.4) is 0 Å². The number of carbonyl (C=O) groups is 2. The molecule has 1 saturated carbocycles. The maximum atomic E-state index is 13.8. The fourth-order valence-corrected chi connectivity index (χ4v) is 5.03. The highest BCUT2D eigenvalue weighted by molar-refractivity contribution is 6.30. The molecular weight excluding hydrogens is 484 g/mol. The van der Waals surface area contributed by atoms with E-state index in [-0.39, 0.29) is 24.5 Å². The summed E-state index contributed by atoms with van der Waals surface area (Å²) in [4.78, 5) is 29.2. The summed E-state index contributed by atoms with van der Waals surface area (Å²) in [5, 5.41) is 3.80. The van der Waals surface area contributed by atoms with Crippen molar-refractivity contribution in [3.8, 4) is 5.75 Å². The number of halogens is 1. The van der Waals surface area contributed by atoms with E-state index in [0.717, 1.165) is 42.4 Å². The third kappa shape index (κ3) is 7.83. The fourth-order valence-electron chi connectivity index (χ4n) is 4.85. The molecule has 6 heteroatoms. The number of amides is 2. The van der Waals surface area contributed by atoms with Crippen molar-refractivity contribution < 1.29 is 14.3 Å². The molecule has 1 aliphatic carbocycles. The van der Waals surface area contributed by atoms with Gasteiger partial charge >= 0.3 is 0 Å². The number of aryl methyl sites for hydroxylation is 1. The second kappa shape index (κ2) is 13.3. The summed E-state index contributed by atoms with van der Waals surface area (Å²) in [5.41, 5.74) is 3.08. The van der Waals surface area contributed by atoms with Crippen LogP contribution in [0.1, 0.15) is 48.8 Å². The van der Waals surface area contributed by atoms with Crippen LogP contribution in [0.2, 0.25) is 5.02 Å². The molecule has 5 nitrogen and oxygen atoms in total. The van der Waals surface area contributed by atoms with E-state index in [1.165, 1.54) is 6.42 Å². The monoisotopic (exact) mass is 518 g/mol. The number of nitrogens with one attached hydrogen (secondary N) is 1. The Balaban J connectivity index is 1.62. The quantitative estimate of drug-likeness (QED) is 0.352. The molecule has 1 atom stereocenters. The number of carbonyl (C=O) groups excluding carboxylic acids is 2. The van der Waals surface area contributed by atoms with Gasteiger partial charge in [0.05, 0.1) is 0 Å². The first-order valence-corrected chi connectivity index (χ1v) is 13.4. The third-order valence-electron chi connectivity index (χ3n) is 6.98. The summed E-state index contributed by atoms with van der Waals surface area (Å²) in [6.07, 6.45) is 5.83. The maximum Gasteiger partial charge on any atom is 0.261 e. The van der Waals surface area contributed by atoms with Gasteiger partial charge in [-0.25, -0.2) is 0 Å². The lowest BCUT2D eigenvalue weighted by molar-refractivity contribution is -0.143. The summed E-state index contributed by atoms with van der Waals surface area (Å²) in [7, 11) is 0. The molecule has 194 valence electrons. The molecule has 0 radical (unpaired) electrons. The Morgan fingerprint density at radius 2 is 1.70 bits per heavy atom. The topological polar surface area (TPSA) is 58.6 Å². The van der Waals surface area contributed by atoms with E-state index in [1.54, 1.807) is 29.2 Å². The smallest absolute Gasteiger partial charge is 0.261 e. The van der Waals surface area contributed by atoms with E-state index in [1.807, 2.05) is 61.5 Å². The van der Waals surface area contributed by atoms with E-state index in [9.17, 15) is 9.59 Å². The van der Waals surface area contributed by atoms with Gasteiger partial charge in [0.1, 0.15) is 11.8 Å². The molecule has 1 fully saturated rings. The van der Waals surface area contributed by atoms with Gasteiger partial charge in [0.15, 0.2) is 6.61 Å². The van der Waals surface area contributed by atoms with Gasteiger partial charge in [0, 0.05) is 24.0 Å². The summed E-state index contributed by atoms with van der Waals surface area (Å²) in [6.45, 7) is 2.16. The molecule has 0 aliphatic heterocycles. The largest absolute Gasteiger partial charge is 0.484 e. The zero-order valence-electron chi connectivity index (χ0n) is 21.4. The number of rotatable bonds is 10. The van der Waals surface area contributed by atoms with E-state index >= 15 is 0 Å². The number of hydrogen-bond donors (Lipinski definition) is 1. The molecular formula is C31H35ClN2O3. The van der Waals surface area contributed by atoms with Crippen molar-refractivity contribution >= 4 is 23.4 Å². The van der Waals surface area contributed by atoms with Gasteiger partial charge in [-0.05, 0) is 54.7 Å². The van der Waals surface area contributed by atoms with Crippen molar-refractivity contribution in [2.24, 2.45) is 0 Å². The predicted molar refractivity (Wildman–Crippen MR) is 148 cm³/mol. The molecule has 4 rings (SSSR count). The first-order chi connectivity index (χ1) is 18.0. The standard InChI is InChI=1S/C31H35ClN2O3/c1-23-11-8-9-14-25(23)21-34(30(35)22-37-28-18-10-15-26(32)20-28)29(19-24-12-4-2-5-13-24)31(36)33-27-16-6-3-7-17-27/h2,4-5,8-15,18,20,27,29H,3,6-7,16-17,19,21-22H2,1H3,(H,33,36)/t29-/m1/s1. The van der Waals surface area contributed by atoms with Crippen LogP contribution in [0, 0.1) is 6.92 Å². The van der Waals surface area contributed by atoms with Crippen molar-refractivity contribution in [2.75, 3.05) is 6.61 Å². The second-order valence-corrected chi connectivity index (χ2v) is 10.2. The normalized spacial score (nSPS) is 14.5. The Hall–Kier alpha value is -3.31. The lowest BCUT2D eigenvalue weighted by Crippen LogP contribution is -2.53. The number of benzene rings is 3. The van der Waals surface area contributed by atoms with Gasteiger partial charge in [0.25, 0.3) is 5.91 Å². The zero-order chi connectivity index (χ0) is 26.0. The Morgan fingerprint density at radius 3 is 2.43 bits per heavy atom. The second-order valence-electron chi connectivity index (χ2n) is 9.74. The van der Waals surface area contributed by atoms with Gasteiger partial charge in [0.2, 0.25) is 5.91 Å². The van der Waals surface area contributed by atoms with Crippen LogP contribution < -0.4 is 10.1 Å². The van der Waals surface area contributed by atoms with E-state index in [2.05, 4.69) is 5.32 Å². The first-order valence-electron chi connectivity index (χ1n) is 13.1. The molecule has 1 aliphatic rings. The van der Waals surface area contributed by atoms with Gasteiger partial charge in [-0.15, -0.1) is 0 Å². The van der Waals surface area contributed by atoms with Crippen LogP contribution in [-0.2, 0) is 22.6 Å². The Labute approximate surface area is 224 Å². The fraction of sp³-hybridized carbons (Fsp3) is 0.355. The van der Waals surface area contributed by atoms with E-state index in [4.69, 9.17) is 16.3 Å². The van der Waals surface area contributed by atoms with Crippen LogP contribution in [-0.4, -0.2) is 35.4 Å². The molecule has 1 N–H and O–H groups in total. The van der Waals surface area contributed by atoms with Gasteiger partial charge in [-0.3, -0.25) is 9.59 Å². The molecule has 2 amide bonds. The highest BCUT2D eigenvalue weighted by Crippen LogP contribution is 2.21. The number of ether oxygens (including phenoxy) is 1. The molecule has 0 spiro atoms. The molecule has 0 saturated heterocycles. The molecule has 0 heterocycles. The number of hydrogen-bond acceptors (Lipinski definition) is 3. The minimum atomic E-state index is -0.667. The molecule has 0 unspecified atom stereocenters. The van der Waals surface area contributed by atoms with E-state index in [0.29, 0.717) is 23.7 Å². The molecule has 37 heavy (non-hydrogen) atoms. The lowest BCUT2D eigenvalue weighted by Gasteiger charge is -2.33. The minimum absolute atomic E-state index is 0.111. The van der Waals surface area contributed by atoms with Crippen molar-refractivity contribution in [3.63, 3.8) is 0 Å². The molecule has 3 aromatic rings. The summed E-state index contributed by atoms with van der Waals surface area (Å²) in [6, 6.07) is 24.3. The van der Waals surface area contributed by atoms with Gasteiger partial charge in [-0.1, -0.05) is 91.5 Å². The van der Waals surface area contributed by atoms with Crippen LogP contribution in [0.15, 0.2) is 78.9 Å². The van der Waals surface area contributed by atoms with Crippen molar-refractivity contribution in [2.45, 2.75) is 64.1 Å². The minimum Gasteiger partial charge on any atom is -0.484 e. The summed E-state index contributed by atoms with van der Waals surface area (Å²) < 4.78 is 5.82. The highest BCUT2D eigenvalue weighted by atomic mass is 35.5. The van der Waals surface area contributed by atoms with Gasteiger partial charge in [-0.2, -0.15) is 0 Å². The number of nitrogens with zero attached hydrogens (tertiary/aromatic N) is 1. The summed E-state index contributed by atoms with van der Waals surface area (Å²) in [5.74, 6) is 0.159. The van der Waals surface area contributed by atoms with Crippen molar-refractivity contribution in [1.82, 2.24) is 10.2 Å². The summed E-state index contributed by atoms with van der Waals surface area (Å²) >= 11 is 6.09.